The summed E-state index contributed by atoms with van der Waals surface area (Å²) in [6.07, 6.45) is -3.89. The van der Waals surface area contributed by atoms with Crippen molar-refractivity contribution in [3.63, 3.8) is 0 Å². The molecule has 1 fully saturated rings. The topological polar surface area (TPSA) is 114 Å². The van der Waals surface area contributed by atoms with Crippen molar-refractivity contribution in [3.05, 3.63) is 0 Å². The lowest BCUT2D eigenvalue weighted by molar-refractivity contribution is -0.176. The molecule has 0 aromatic carbocycles. The van der Waals surface area contributed by atoms with E-state index in [4.69, 9.17) is 23.7 Å². The van der Waals surface area contributed by atoms with E-state index in [1.54, 1.807) is 0 Å². The van der Waals surface area contributed by atoms with Gasteiger partial charge in [0.1, 0.15) is 18.1 Å². The summed E-state index contributed by atoms with van der Waals surface area (Å²) >= 11 is 1.35. The van der Waals surface area contributed by atoms with Gasteiger partial charge in [0, 0.05) is 27.7 Å². The van der Waals surface area contributed by atoms with Gasteiger partial charge in [-0.25, -0.2) is 0 Å². The van der Waals surface area contributed by atoms with Crippen molar-refractivity contribution in [2.75, 3.05) is 12.4 Å². The van der Waals surface area contributed by atoms with Crippen LogP contribution in [0.4, 0.5) is 0 Å². The van der Waals surface area contributed by atoms with E-state index in [1.807, 2.05) is 6.92 Å². The lowest BCUT2D eigenvalue weighted by atomic mass is 10.1. The van der Waals surface area contributed by atoms with Crippen molar-refractivity contribution in [1.29, 1.82) is 0 Å². The van der Waals surface area contributed by atoms with Crippen LogP contribution in [-0.2, 0) is 42.9 Å². The first-order valence-electron chi connectivity index (χ1n) is 8.07. The summed E-state index contributed by atoms with van der Waals surface area (Å²) in [5, 5.41) is 0. The number of ether oxygens (including phenoxy) is 5. The van der Waals surface area contributed by atoms with Crippen molar-refractivity contribution in [2.24, 2.45) is 0 Å². The van der Waals surface area contributed by atoms with Gasteiger partial charge in [0.25, 0.3) is 0 Å². The summed E-state index contributed by atoms with van der Waals surface area (Å²) < 4.78 is 26.6. The Balaban J connectivity index is 3.13. The molecule has 1 saturated heterocycles. The Kier molecular flexibility index (Phi) is 8.86. The summed E-state index contributed by atoms with van der Waals surface area (Å²) in [6, 6.07) is 0. The summed E-state index contributed by atoms with van der Waals surface area (Å²) in [5.74, 6) is -1.73. The Hall–Kier alpha value is -1.81. The van der Waals surface area contributed by atoms with Crippen molar-refractivity contribution in [2.45, 2.75) is 64.5 Å². The molecule has 10 heteroatoms. The second kappa shape index (κ2) is 10.4. The van der Waals surface area contributed by atoms with Crippen molar-refractivity contribution < 1.29 is 42.9 Å². The highest BCUT2D eigenvalue weighted by molar-refractivity contribution is 7.99. The molecule has 0 bridgehead atoms. The van der Waals surface area contributed by atoms with E-state index >= 15 is 0 Å². The standard InChI is InChI=1S/C16H24O9S/c1-6-26-16-15(24-11(5)20)14(23-10(4)19)13(25-16)12(22-9(3)18)7-21-8(2)17/h12-16H,6-7H2,1-5H3/t12?,13-,14?,15?,16-/m0/s1. The average molecular weight is 392 g/mol. The Morgan fingerprint density at radius 2 is 1.50 bits per heavy atom. The normalized spacial score (nSPS) is 25.9. The van der Waals surface area contributed by atoms with E-state index in [0.29, 0.717) is 5.75 Å². The molecule has 0 amide bonds. The van der Waals surface area contributed by atoms with Gasteiger partial charge in [0.15, 0.2) is 18.3 Å². The lowest BCUT2D eigenvalue weighted by Gasteiger charge is -2.27. The second-order valence-corrected chi connectivity index (χ2v) is 6.90. The number of carbonyl (C=O) groups excluding carboxylic acids is 4. The van der Waals surface area contributed by atoms with E-state index in [2.05, 4.69) is 0 Å². The molecule has 1 rings (SSSR count). The van der Waals surface area contributed by atoms with Crippen molar-refractivity contribution in [1.82, 2.24) is 0 Å². The molecule has 3 unspecified atom stereocenters. The molecule has 0 aromatic rings. The summed E-state index contributed by atoms with van der Waals surface area (Å²) in [7, 11) is 0. The van der Waals surface area contributed by atoms with E-state index < -0.39 is 53.7 Å². The molecule has 0 radical (unpaired) electrons. The van der Waals surface area contributed by atoms with Crippen LogP contribution in [-0.4, -0.2) is 66.1 Å². The van der Waals surface area contributed by atoms with Gasteiger partial charge in [-0.2, -0.15) is 0 Å². The zero-order chi connectivity index (χ0) is 19.9. The Morgan fingerprint density at radius 1 is 0.923 bits per heavy atom. The number of carbonyl (C=O) groups is 4. The molecule has 1 aliphatic rings. The molecular weight excluding hydrogens is 368 g/mol. The second-order valence-electron chi connectivity index (χ2n) is 5.52. The molecule has 1 heterocycles. The smallest absolute Gasteiger partial charge is 0.303 e. The molecule has 0 spiro atoms. The van der Waals surface area contributed by atoms with E-state index in [9.17, 15) is 19.2 Å². The van der Waals surface area contributed by atoms with E-state index in [0.717, 1.165) is 0 Å². The van der Waals surface area contributed by atoms with Crippen LogP contribution in [0.25, 0.3) is 0 Å². The van der Waals surface area contributed by atoms with Gasteiger partial charge in [-0.1, -0.05) is 6.92 Å². The number of hydrogen-bond acceptors (Lipinski definition) is 10. The molecule has 5 atom stereocenters. The molecule has 148 valence electrons. The first-order chi connectivity index (χ1) is 12.1. The van der Waals surface area contributed by atoms with Crippen LogP contribution in [0.3, 0.4) is 0 Å². The molecule has 0 N–H and O–H groups in total. The van der Waals surface area contributed by atoms with Crippen molar-refractivity contribution >= 4 is 35.6 Å². The van der Waals surface area contributed by atoms with Crippen LogP contribution in [0.15, 0.2) is 0 Å². The van der Waals surface area contributed by atoms with Crippen LogP contribution >= 0.6 is 11.8 Å². The van der Waals surface area contributed by atoms with Gasteiger partial charge in [-0.3, -0.25) is 19.2 Å². The monoisotopic (exact) mass is 392 g/mol. The maximum Gasteiger partial charge on any atom is 0.303 e. The van der Waals surface area contributed by atoms with Crippen LogP contribution in [0.2, 0.25) is 0 Å². The van der Waals surface area contributed by atoms with E-state index in [-0.39, 0.29) is 6.61 Å². The number of thioether (sulfide) groups is 1. The highest BCUT2D eigenvalue weighted by Crippen LogP contribution is 2.35. The minimum atomic E-state index is -1.03. The average Bonchev–Trinajstić information content (AvgIpc) is 2.80. The van der Waals surface area contributed by atoms with E-state index in [1.165, 1.54) is 39.5 Å². The molecule has 26 heavy (non-hydrogen) atoms. The minimum absolute atomic E-state index is 0.284. The molecular formula is C16H24O9S. The first-order valence-corrected chi connectivity index (χ1v) is 9.12. The fraction of sp³-hybridized carbons (Fsp3) is 0.750. The third-order valence-corrected chi connectivity index (χ3v) is 4.32. The van der Waals surface area contributed by atoms with Crippen molar-refractivity contribution in [3.8, 4) is 0 Å². The van der Waals surface area contributed by atoms with Gasteiger partial charge >= 0.3 is 23.9 Å². The zero-order valence-corrected chi connectivity index (χ0v) is 16.2. The Morgan fingerprint density at radius 3 is 1.96 bits per heavy atom. The van der Waals surface area contributed by atoms with Gasteiger partial charge in [0.2, 0.25) is 0 Å². The first kappa shape index (κ1) is 22.2. The fourth-order valence-electron chi connectivity index (χ4n) is 2.50. The largest absolute Gasteiger partial charge is 0.462 e. The highest BCUT2D eigenvalue weighted by Gasteiger charge is 2.53. The highest BCUT2D eigenvalue weighted by atomic mass is 32.2. The molecule has 9 nitrogen and oxygen atoms in total. The maximum absolute atomic E-state index is 11.5. The number of hydrogen-bond donors (Lipinski definition) is 0. The number of esters is 4. The van der Waals surface area contributed by atoms with Crippen LogP contribution < -0.4 is 0 Å². The van der Waals surface area contributed by atoms with Crippen LogP contribution in [0, 0.1) is 0 Å². The molecule has 0 aliphatic carbocycles. The van der Waals surface area contributed by atoms with Gasteiger partial charge < -0.3 is 23.7 Å². The number of rotatable bonds is 8. The summed E-state index contributed by atoms with van der Waals surface area (Å²) in [4.78, 5) is 45.6. The fourth-order valence-corrected chi connectivity index (χ4v) is 3.43. The molecule has 0 aromatic heterocycles. The predicted molar refractivity (Wildman–Crippen MR) is 90.1 cm³/mol. The zero-order valence-electron chi connectivity index (χ0n) is 15.4. The van der Waals surface area contributed by atoms with Crippen LogP contribution in [0.1, 0.15) is 34.6 Å². The maximum atomic E-state index is 11.5. The van der Waals surface area contributed by atoms with Crippen LogP contribution in [0.5, 0.6) is 0 Å². The summed E-state index contributed by atoms with van der Waals surface area (Å²) in [5.41, 5.74) is -0.631. The lowest BCUT2D eigenvalue weighted by Crippen LogP contribution is -2.46. The minimum Gasteiger partial charge on any atom is -0.462 e. The predicted octanol–water partition coefficient (Wildman–Crippen LogP) is 0.823. The third kappa shape index (κ3) is 6.83. The van der Waals surface area contributed by atoms with Gasteiger partial charge in [-0.15, -0.1) is 11.8 Å². The molecule has 0 saturated carbocycles. The Bertz CT molecular complexity index is 536. The Labute approximate surface area is 156 Å². The SMILES string of the molecule is CCS[C@@H]1O[C@@H](C(COC(C)=O)OC(C)=O)C(OC(C)=O)C1OC(C)=O. The quantitative estimate of drug-likeness (QED) is 0.434. The third-order valence-electron chi connectivity index (χ3n) is 3.28. The molecule has 1 aliphatic heterocycles. The van der Waals surface area contributed by atoms with Gasteiger partial charge in [0.05, 0.1) is 0 Å². The van der Waals surface area contributed by atoms with Gasteiger partial charge in [-0.05, 0) is 5.75 Å². The summed E-state index contributed by atoms with van der Waals surface area (Å²) in [6.45, 7) is 6.44.